The quantitative estimate of drug-likeness (QED) is 0.510. The Bertz CT molecular complexity index is 138. The van der Waals surface area contributed by atoms with Crippen LogP contribution in [0, 0.1) is 5.92 Å². The second-order valence-electron chi connectivity index (χ2n) is 2.27. The Hall–Kier alpha value is 0.260. The molecule has 0 heterocycles. The maximum Gasteiger partial charge on any atom is 0.249 e. The van der Waals surface area contributed by atoms with Crippen LogP contribution >= 0.6 is 22.6 Å². The van der Waals surface area contributed by atoms with Crippen LogP contribution in [0.1, 0.15) is 12.8 Å². The van der Waals surface area contributed by atoms with Gasteiger partial charge in [0.2, 0.25) is 5.92 Å². The predicted octanol–water partition coefficient (Wildman–Crippen LogP) is 1.99. The summed E-state index contributed by atoms with van der Waals surface area (Å²) < 4.78 is 23.8. The smallest absolute Gasteiger partial charge is 0.249 e. The van der Waals surface area contributed by atoms with Gasteiger partial charge in [0.1, 0.15) is 0 Å². The molecule has 0 amide bonds. The molecule has 1 fully saturated rings. The third-order valence-corrected chi connectivity index (χ3v) is 2.29. The Morgan fingerprint density at radius 2 is 2.00 bits per heavy atom. The summed E-state index contributed by atoms with van der Waals surface area (Å²) in [5, 5.41) is 0. The monoisotopic (exact) mass is 246 g/mol. The van der Waals surface area contributed by atoms with Crippen molar-refractivity contribution in [2.75, 3.05) is 0 Å². The molecule has 1 nitrogen and oxygen atoms in total. The Morgan fingerprint density at radius 1 is 1.56 bits per heavy atom. The molecule has 1 saturated carbocycles. The Balaban J connectivity index is 2.35. The topological polar surface area (TPSA) is 17.1 Å². The summed E-state index contributed by atoms with van der Waals surface area (Å²) in [6, 6.07) is 0. The third kappa shape index (κ3) is 1.59. The molecule has 1 aliphatic rings. The molecule has 0 bridgehead atoms. The van der Waals surface area contributed by atoms with Gasteiger partial charge in [0.15, 0.2) is 3.79 Å². The van der Waals surface area contributed by atoms with Crippen molar-refractivity contribution >= 4 is 26.4 Å². The number of rotatable bonds is 1. The maximum atomic E-state index is 12.0. The van der Waals surface area contributed by atoms with Gasteiger partial charge in [-0.2, -0.15) is 0 Å². The van der Waals surface area contributed by atoms with Gasteiger partial charge >= 0.3 is 0 Å². The molecule has 0 aromatic carbocycles. The van der Waals surface area contributed by atoms with Crippen LogP contribution < -0.4 is 0 Å². The van der Waals surface area contributed by atoms with Crippen LogP contribution in [0.15, 0.2) is 0 Å². The van der Waals surface area contributed by atoms with E-state index >= 15 is 0 Å². The first-order chi connectivity index (χ1) is 4.01. The van der Waals surface area contributed by atoms with E-state index in [-0.39, 0.29) is 22.5 Å². The van der Waals surface area contributed by atoms with Gasteiger partial charge in [0.25, 0.3) is 0 Å². The summed E-state index contributed by atoms with van der Waals surface area (Å²) in [6.07, 6.45) is -0.483. The highest BCUT2D eigenvalue weighted by atomic mass is 127. The number of hydrogen-bond donors (Lipinski definition) is 0. The first-order valence-corrected chi connectivity index (χ1v) is 3.66. The van der Waals surface area contributed by atoms with E-state index in [0.29, 0.717) is 0 Å². The maximum absolute atomic E-state index is 12.0. The van der Waals surface area contributed by atoms with Crippen molar-refractivity contribution in [2.24, 2.45) is 5.92 Å². The van der Waals surface area contributed by atoms with Crippen molar-refractivity contribution in [1.82, 2.24) is 0 Å². The highest BCUT2D eigenvalue weighted by Gasteiger charge is 2.47. The van der Waals surface area contributed by atoms with Crippen molar-refractivity contribution in [3.63, 3.8) is 0 Å². The zero-order valence-electron chi connectivity index (χ0n) is 4.53. The van der Waals surface area contributed by atoms with Crippen LogP contribution in [0.3, 0.4) is 0 Å². The lowest BCUT2D eigenvalue weighted by Gasteiger charge is -2.32. The van der Waals surface area contributed by atoms with Gasteiger partial charge < -0.3 is 0 Å². The van der Waals surface area contributed by atoms with Crippen LogP contribution in [0.4, 0.5) is 8.78 Å². The van der Waals surface area contributed by atoms with E-state index in [4.69, 9.17) is 0 Å². The van der Waals surface area contributed by atoms with Gasteiger partial charge in [-0.3, -0.25) is 4.79 Å². The van der Waals surface area contributed by atoms with E-state index < -0.39 is 5.92 Å². The first kappa shape index (κ1) is 7.37. The summed E-state index contributed by atoms with van der Waals surface area (Å²) in [5.41, 5.74) is 0. The Morgan fingerprint density at radius 3 is 2.11 bits per heavy atom. The largest absolute Gasteiger partial charge is 0.287 e. The van der Waals surface area contributed by atoms with Crippen molar-refractivity contribution in [3.8, 4) is 0 Å². The van der Waals surface area contributed by atoms with E-state index in [1.165, 1.54) is 0 Å². The molecule has 0 atom stereocenters. The van der Waals surface area contributed by atoms with E-state index in [1.54, 1.807) is 22.6 Å². The van der Waals surface area contributed by atoms with E-state index in [9.17, 15) is 13.6 Å². The Labute approximate surface area is 64.9 Å². The number of alkyl halides is 2. The summed E-state index contributed by atoms with van der Waals surface area (Å²) in [6.45, 7) is 0. The highest BCUT2D eigenvalue weighted by molar-refractivity contribution is 14.1. The molecule has 0 N–H and O–H groups in total. The van der Waals surface area contributed by atoms with Crippen LogP contribution in [-0.4, -0.2) is 9.71 Å². The SMILES string of the molecule is O=C(I)C1CC(F)(F)C1. The van der Waals surface area contributed by atoms with Gasteiger partial charge in [-0.25, -0.2) is 8.78 Å². The molecule has 9 heavy (non-hydrogen) atoms. The van der Waals surface area contributed by atoms with Crippen LogP contribution in [-0.2, 0) is 4.79 Å². The van der Waals surface area contributed by atoms with Crippen LogP contribution in [0.5, 0.6) is 0 Å². The molecule has 0 spiro atoms. The zero-order chi connectivity index (χ0) is 7.07. The minimum absolute atomic E-state index is 0.140. The van der Waals surface area contributed by atoms with Gasteiger partial charge in [-0.05, 0) is 22.6 Å². The summed E-state index contributed by atoms with van der Waals surface area (Å²) in [4.78, 5) is 10.4. The molecule has 4 heteroatoms. The second-order valence-corrected chi connectivity index (χ2v) is 3.33. The molecule has 52 valence electrons. The van der Waals surface area contributed by atoms with Crippen molar-refractivity contribution in [3.05, 3.63) is 0 Å². The molecule has 0 aromatic heterocycles. The number of carbonyl (C=O) groups is 1. The number of carbonyl (C=O) groups excluding carboxylic acids is 1. The van der Waals surface area contributed by atoms with Crippen LogP contribution in [0.2, 0.25) is 0 Å². The van der Waals surface area contributed by atoms with Crippen LogP contribution in [0.25, 0.3) is 0 Å². The molecule has 1 aliphatic carbocycles. The molecule has 0 saturated heterocycles. The van der Waals surface area contributed by atoms with Gasteiger partial charge in [-0.1, -0.05) is 0 Å². The number of halogens is 3. The van der Waals surface area contributed by atoms with E-state index in [0.717, 1.165) is 0 Å². The fourth-order valence-electron chi connectivity index (χ4n) is 0.822. The molecule has 0 radical (unpaired) electrons. The molecular formula is C5H5F2IO. The lowest BCUT2D eigenvalue weighted by molar-refractivity contribution is -0.138. The summed E-state index contributed by atoms with van der Waals surface area (Å²) >= 11 is 1.56. The van der Waals surface area contributed by atoms with Crippen molar-refractivity contribution < 1.29 is 13.6 Å². The fraction of sp³-hybridized carbons (Fsp3) is 0.800. The average molecular weight is 246 g/mol. The molecule has 0 aliphatic heterocycles. The van der Waals surface area contributed by atoms with Crippen molar-refractivity contribution in [2.45, 2.75) is 18.8 Å². The van der Waals surface area contributed by atoms with Crippen molar-refractivity contribution in [1.29, 1.82) is 0 Å². The third-order valence-electron chi connectivity index (χ3n) is 1.41. The number of hydrogen-bond acceptors (Lipinski definition) is 1. The lowest BCUT2D eigenvalue weighted by Crippen LogP contribution is -2.38. The minimum atomic E-state index is -2.55. The lowest BCUT2D eigenvalue weighted by atomic mass is 9.83. The standard InChI is InChI=1S/C5H5F2IO/c6-5(7)1-3(2-5)4(8)9/h3H,1-2H2. The second kappa shape index (κ2) is 2.14. The molecule has 1 rings (SSSR count). The fourth-order valence-corrected chi connectivity index (χ4v) is 1.26. The summed E-state index contributed by atoms with van der Waals surface area (Å²) in [7, 11) is 0. The van der Waals surface area contributed by atoms with Gasteiger partial charge in [-0.15, -0.1) is 0 Å². The minimum Gasteiger partial charge on any atom is -0.287 e. The van der Waals surface area contributed by atoms with Gasteiger partial charge in [0.05, 0.1) is 0 Å². The predicted molar refractivity (Wildman–Crippen MR) is 36.7 cm³/mol. The molecule has 0 aromatic rings. The Kier molecular flexibility index (Phi) is 1.75. The molecule has 0 unspecified atom stereocenters. The molecular weight excluding hydrogens is 241 g/mol. The van der Waals surface area contributed by atoms with E-state index in [1.807, 2.05) is 0 Å². The zero-order valence-corrected chi connectivity index (χ0v) is 6.69. The van der Waals surface area contributed by atoms with Gasteiger partial charge in [0, 0.05) is 18.8 Å². The van der Waals surface area contributed by atoms with E-state index in [2.05, 4.69) is 0 Å². The summed E-state index contributed by atoms with van der Waals surface area (Å²) in [5.74, 6) is -2.92. The average Bonchev–Trinajstić information content (AvgIpc) is 1.59. The normalized spacial score (nSPS) is 25.2. The highest BCUT2D eigenvalue weighted by Crippen LogP contribution is 2.43. The first-order valence-electron chi connectivity index (χ1n) is 2.58.